The molecule has 2 aromatic rings. The number of aromatic nitrogens is 1. The van der Waals surface area contributed by atoms with Crippen molar-refractivity contribution in [2.45, 2.75) is 12.3 Å². The van der Waals surface area contributed by atoms with Gasteiger partial charge in [-0.1, -0.05) is 41.6 Å². The van der Waals surface area contributed by atoms with Gasteiger partial charge in [0.2, 0.25) is 0 Å². The molecule has 2 rings (SSSR count). The molecule has 1 aromatic carbocycles. The van der Waals surface area contributed by atoms with Crippen LogP contribution >= 0.6 is 0 Å². The normalized spacial score (nSPS) is 13.0. The van der Waals surface area contributed by atoms with Crippen molar-refractivity contribution in [3.05, 3.63) is 66.0 Å². The van der Waals surface area contributed by atoms with E-state index in [1.807, 2.05) is 48.5 Å². The number of amidine groups is 1. The van der Waals surface area contributed by atoms with Gasteiger partial charge in [-0.05, 0) is 17.7 Å². The largest absolute Gasteiger partial charge is 0.409 e. The zero-order valence-corrected chi connectivity index (χ0v) is 11.8. The Morgan fingerprint density at radius 2 is 1.95 bits per heavy atom. The Labute approximate surface area is 124 Å². The lowest BCUT2D eigenvalue weighted by Gasteiger charge is -2.16. The van der Waals surface area contributed by atoms with Crippen molar-refractivity contribution in [3.8, 4) is 0 Å². The molecule has 0 fully saturated rings. The van der Waals surface area contributed by atoms with Gasteiger partial charge in [0.15, 0.2) is 0 Å². The SMILES string of the molecule is NC(=NO)C(CNCCc1ccccn1)c1ccccc1. The number of nitrogens with zero attached hydrogens (tertiary/aromatic N) is 2. The fraction of sp³-hybridized carbons (Fsp3) is 0.250. The predicted molar refractivity (Wildman–Crippen MR) is 83.4 cm³/mol. The van der Waals surface area contributed by atoms with E-state index < -0.39 is 0 Å². The van der Waals surface area contributed by atoms with Crippen molar-refractivity contribution < 1.29 is 5.21 Å². The molecule has 4 N–H and O–H groups in total. The van der Waals surface area contributed by atoms with Crippen LogP contribution in [0.15, 0.2) is 59.9 Å². The molecule has 0 aliphatic rings. The molecule has 0 saturated heterocycles. The van der Waals surface area contributed by atoms with Crippen molar-refractivity contribution in [3.63, 3.8) is 0 Å². The third kappa shape index (κ3) is 4.57. The summed E-state index contributed by atoms with van der Waals surface area (Å²) < 4.78 is 0. The highest BCUT2D eigenvalue weighted by atomic mass is 16.4. The fourth-order valence-electron chi connectivity index (χ4n) is 2.16. The Kier molecular flexibility index (Phi) is 5.72. The van der Waals surface area contributed by atoms with Gasteiger partial charge in [-0.25, -0.2) is 0 Å². The molecule has 1 unspecified atom stereocenters. The summed E-state index contributed by atoms with van der Waals surface area (Å²) in [5.74, 6) is 0.0754. The maximum absolute atomic E-state index is 8.93. The predicted octanol–water partition coefficient (Wildman–Crippen LogP) is 1.74. The molecule has 0 bridgehead atoms. The number of nitrogens with one attached hydrogen (secondary N) is 1. The summed E-state index contributed by atoms with van der Waals surface area (Å²) in [7, 11) is 0. The Morgan fingerprint density at radius 3 is 2.62 bits per heavy atom. The lowest BCUT2D eigenvalue weighted by atomic mass is 9.98. The van der Waals surface area contributed by atoms with Gasteiger partial charge >= 0.3 is 0 Å². The van der Waals surface area contributed by atoms with Gasteiger partial charge in [0, 0.05) is 31.4 Å². The standard InChI is InChI=1S/C16H20N4O/c17-16(20-21)15(13-6-2-1-3-7-13)12-18-11-9-14-8-4-5-10-19-14/h1-8,10,15,18,21H,9,11-12H2,(H2,17,20). The van der Waals surface area contributed by atoms with Crippen LogP contribution in [-0.4, -0.2) is 29.1 Å². The molecule has 1 atom stereocenters. The highest BCUT2D eigenvalue weighted by Crippen LogP contribution is 2.14. The smallest absolute Gasteiger partial charge is 0.147 e. The van der Waals surface area contributed by atoms with Crippen LogP contribution in [0.3, 0.4) is 0 Å². The molecule has 0 amide bonds. The van der Waals surface area contributed by atoms with Gasteiger partial charge in [0.05, 0.1) is 5.92 Å². The fourth-order valence-corrected chi connectivity index (χ4v) is 2.16. The molecular formula is C16H20N4O. The molecule has 0 radical (unpaired) electrons. The van der Waals surface area contributed by atoms with Crippen LogP contribution in [0.2, 0.25) is 0 Å². The van der Waals surface area contributed by atoms with Gasteiger partial charge in [0.25, 0.3) is 0 Å². The van der Waals surface area contributed by atoms with E-state index in [1.165, 1.54) is 0 Å². The summed E-state index contributed by atoms with van der Waals surface area (Å²) >= 11 is 0. The first-order valence-electron chi connectivity index (χ1n) is 6.94. The average Bonchev–Trinajstić information content (AvgIpc) is 2.56. The first-order chi connectivity index (χ1) is 10.3. The number of hydrogen-bond donors (Lipinski definition) is 3. The monoisotopic (exact) mass is 284 g/mol. The van der Waals surface area contributed by atoms with E-state index in [2.05, 4.69) is 15.5 Å². The van der Waals surface area contributed by atoms with E-state index >= 15 is 0 Å². The summed E-state index contributed by atoms with van der Waals surface area (Å²) in [5.41, 5.74) is 7.86. The minimum atomic E-state index is -0.139. The number of rotatable bonds is 7. The van der Waals surface area contributed by atoms with Gasteiger partial charge < -0.3 is 16.3 Å². The van der Waals surface area contributed by atoms with E-state index in [1.54, 1.807) is 6.20 Å². The van der Waals surface area contributed by atoms with Gasteiger partial charge in [-0.15, -0.1) is 0 Å². The van der Waals surface area contributed by atoms with Crippen molar-refractivity contribution in [2.75, 3.05) is 13.1 Å². The third-order valence-electron chi connectivity index (χ3n) is 3.31. The van der Waals surface area contributed by atoms with E-state index in [0.717, 1.165) is 24.2 Å². The summed E-state index contributed by atoms with van der Waals surface area (Å²) in [6.07, 6.45) is 2.64. The van der Waals surface area contributed by atoms with Crippen LogP contribution in [0.5, 0.6) is 0 Å². The van der Waals surface area contributed by atoms with Gasteiger partial charge in [-0.2, -0.15) is 0 Å². The Balaban J connectivity index is 1.88. The maximum atomic E-state index is 8.93. The van der Waals surface area contributed by atoms with Crippen LogP contribution in [0, 0.1) is 0 Å². The quantitative estimate of drug-likeness (QED) is 0.238. The summed E-state index contributed by atoms with van der Waals surface area (Å²) in [6.45, 7) is 1.41. The highest BCUT2D eigenvalue weighted by Gasteiger charge is 2.15. The molecule has 5 nitrogen and oxygen atoms in total. The molecule has 1 aromatic heterocycles. The highest BCUT2D eigenvalue weighted by molar-refractivity contribution is 5.87. The second-order valence-corrected chi connectivity index (χ2v) is 4.76. The first kappa shape index (κ1) is 15.0. The Bertz CT molecular complexity index is 557. The number of nitrogens with two attached hydrogens (primary N) is 1. The number of benzene rings is 1. The van der Waals surface area contributed by atoms with E-state index in [9.17, 15) is 0 Å². The molecule has 21 heavy (non-hydrogen) atoms. The zero-order chi connectivity index (χ0) is 14.9. The van der Waals surface area contributed by atoms with E-state index in [4.69, 9.17) is 10.9 Å². The van der Waals surface area contributed by atoms with Crippen molar-refractivity contribution in [1.29, 1.82) is 0 Å². The molecule has 0 aliphatic heterocycles. The summed E-state index contributed by atoms with van der Waals surface area (Å²) in [4.78, 5) is 4.28. The van der Waals surface area contributed by atoms with Crippen LogP contribution in [0.4, 0.5) is 0 Å². The Morgan fingerprint density at radius 1 is 1.19 bits per heavy atom. The minimum Gasteiger partial charge on any atom is -0.409 e. The Hall–Kier alpha value is -2.40. The van der Waals surface area contributed by atoms with Crippen molar-refractivity contribution >= 4 is 5.84 Å². The second kappa shape index (κ2) is 8.01. The zero-order valence-electron chi connectivity index (χ0n) is 11.8. The summed E-state index contributed by atoms with van der Waals surface area (Å²) in [6, 6.07) is 15.7. The van der Waals surface area contributed by atoms with Crippen LogP contribution in [-0.2, 0) is 6.42 Å². The molecule has 1 heterocycles. The van der Waals surface area contributed by atoms with E-state index in [-0.39, 0.29) is 11.8 Å². The molecule has 5 heteroatoms. The van der Waals surface area contributed by atoms with Gasteiger partial charge in [0.1, 0.15) is 5.84 Å². The topological polar surface area (TPSA) is 83.5 Å². The molecular weight excluding hydrogens is 264 g/mol. The lowest BCUT2D eigenvalue weighted by molar-refractivity contribution is 0.315. The van der Waals surface area contributed by atoms with Crippen LogP contribution < -0.4 is 11.1 Å². The van der Waals surface area contributed by atoms with E-state index in [0.29, 0.717) is 6.54 Å². The average molecular weight is 284 g/mol. The number of oxime groups is 1. The molecule has 0 saturated carbocycles. The maximum Gasteiger partial charge on any atom is 0.147 e. The molecule has 0 aliphatic carbocycles. The van der Waals surface area contributed by atoms with Crippen molar-refractivity contribution in [2.24, 2.45) is 10.9 Å². The second-order valence-electron chi connectivity index (χ2n) is 4.76. The minimum absolute atomic E-state index is 0.139. The number of hydrogen-bond acceptors (Lipinski definition) is 4. The van der Waals surface area contributed by atoms with Crippen molar-refractivity contribution in [1.82, 2.24) is 10.3 Å². The number of pyridine rings is 1. The third-order valence-corrected chi connectivity index (χ3v) is 3.31. The van der Waals surface area contributed by atoms with Crippen LogP contribution in [0.1, 0.15) is 17.2 Å². The van der Waals surface area contributed by atoms with Gasteiger partial charge in [-0.3, -0.25) is 4.98 Å². The first-order valence-corrected chi connectivity index (χ1v) is 6.94. The lowest BCUT2D eigenvalue weighted by Crippen LogP contribution is -2.32. The summed E-state index contributed by atoms with van der Waals surface area (Å²) in [5, 5.41) is 15.4. The van der Waals surface area contributed by atoms with Crippen LogP contribution in [0.25, 0.3) is 0 Å². The molecule has 0 spiro atoms. The molecule has 110 valence electrons.